The van der Waals surface area contributed by atoms with Gasteiger partial charge in [0.1, 0.15) is 0 Å². The molecule has 0 atom stereocenters. The number of benzene rings is 3. The topological polar surface area (TPSA) is 37.4 Å². The van der Waals surface area contributed by atoms with E-state index in [2.05, 4.69) is 25.0 Å². The van der Waals surface area contributed by atoms with Gasteiger partial charge in [0.2, 0.25) is 10.0 Å². The number of nitrogens with zero attached hydrogens (tertiary/aromatic N) is 1. The van der Waals surface area contributed by atoms with Gasteiger partial charge in [0.15, 0.2) is 0 Å². The summed E-state index contributed by atoms with van der Waals surface area (Å²) >= 11 is 0. The van der Waals surface area contributed by atoms with E-state index in [1.807, 2.05) is 56.3 Å². The van der Waals surface area contributed by atoms with Crippen molar-refractivity contribution < 1.29 is 8.42 Å². The van der Waals surface area contributed by atoms with E-state index in [1.54, 1.807) is 24.3 Å². The minimum absolute atomic E-state index is 0.0780. The molecule has 0 heterocycles. The monoisotopic (exact) mass is 429 g/mol. The molecule has 3 aromatic carbocycles. The summed E-state index contributed by atoms with van der Waals surface area (Å²) in [4.78, 5) is 0.258. The molecule has 0 bridgehead atoms. The number of sulfonamides is 1. The lowest BCUT2D eigenvalue weighted by Crippen LogP contribution is -2.33. The molecule has 0 aliphatic rings. The highest BCUT2D eigenvalue weighted by Crippen LogP contribution is 2.20. The first-order valence-corrected chi connectivity index (χ1v) is 11.6. The highest BCUT2D eigenvalue weighted by Gasteiger charge is 2.24. The zero-order chi connectivity index (χ0) is 22.4. The molecule has 4 heteroatoms. The van der Waals surface area contributed by atoms with E-state index in [4.69, 9.17) is 0 Å². The first-order valence-electron chi connectivity index (χ1n) is 10.1. The van der Waals surface area contributed by atoms with Crippen molar-refractivity contribution in [3.05, 3.63) is 102 Å². The molecule has 3 nitrogen and oxygen atoms in total. The Labute approximate surface area is 185 Å². The van der Waals surface area contributed by atoms with Crippen LogP contribution in [0.1, 0.15) is 24.5 Å². The fraction of sp³-hybridized carbons (Fsp3) is 0.185. The summed E-state index contributed by atoms with van der Waals surface area (Å²) in [5.41, 5.74) is 3.62. The van der Waals surface area contributed by atoms with Crippen LogP contribution in [-0.2, 0) is 10.0 Å². The van der Waals surface area contributed by atoms with Crippen molar-refractivity contribution in [1.29, 1.82) is 0 Å². The number of rotatable bonds is 7. The van der Waals surface area contributed by atoms with E-state index < -0.39 is 10.0 Å². The maximum atomic E-state index is 13.3. The molecule has 0 saturated carbocycles. The summed E-state index contributed by atoms with van der Waals surface area (Å²) in [6.07, 6.45) is 0.580. The Bertz CT molecular complexity index is 1270. The third kappa shape index (κ3) is 5.73. The van der Waals surface area contributed by atoms with Crippen molar-refractivity contribution in [2.75, 3.05) is 13.1 Å². The quantitative estimate of drug-likeness (QED) is 0.356. The lowest BCUT2D eigenvalue weighted by Gasteiger charge is -2.21. The Morgan fingerprint density at radius 2 is 1.65 bits per heavy atom. The van der Waals surface area contributed by atoms with Gasteiger partial charge >= 0.3 is 0 Å². The summed E-state index contributed by atoms with van der Waals surface area (Å²) in [6.45, 7) is 12.1. The Balaban J connectivity index is 1.92. The van der Waals surface area contributed by atoms with Gasteiger partial charge < -0.3 is 0 Å². The second kappa shape index (κ2) is 9.78. The second-order valence-corrected chi connectivity index (χ2v) is 9.74. The summed E-state index contributed by atoms with van der Waals surface area (Å²) in [7, 11) is -3.71. The molecule has 0 spiro atoms. The van der Waals surface area contributed by atoms with E-state index in [0.717, 1.165) is 33.0 Å². The predicted octanol–water partition coefficient (Wildman–Crippen LogP) is 5.71. The molecule has 3 rings (SSSR count). The van der Waals surface area contributed by atoms with Crippen molar-refractivity contribution in [2.24, 2.45) is 0 Å². The molecule has 0 amide bonds. The van der Waals surface area contributed by atoms with Gasteiger partial charge in [-0.15, -0.1) is 0 Å². The van der Waals surface area contributed by atoms with Crippen molar-refractivity contribution in [1.82, 2.24) is 4.31 Å². The van der Waals surface area contributed by atoms with Crippen LogP contribution in [-0.4, -0.2) is 25.8 Å². The number of hydrogen-bond donors (Lipinski definition) is 0. The van der Waals surface area contributed by atoms with Gasteiger partial charge in [0, 0.05) is 12.1 Å². The molecule has 0 saturated heterocycles. The third-order valence-electron chi connectivity index (χ3n) is 4.88. The summed E-state index contributed by atoms with van der Waals surface area (Å²) in [6, 6.07) is 20.9. The maximum Gasteiger partial charge on any atom is 0.244 e. The number of allylic oxidation sites excluding steroid dienone is 1. The fourth-order valence-corrected chi connectivity index (χ4v) is 4.74. The largest absolute Gasteiger partial charge is 0.244 e. The Hall–Kier alpha value is -3.13. The number of aryl methyl sites for hydroxylation is 1. The predicted molar refractivity (Wildman–Crippen MR) is 129 cm³/mol. The van der Waals surface area contributed by atoms with Crippen molar-refractivity contribution in [3.8, 4) is 11.8 Å². The van der Waals surface area contributed by atoms with Crippen LogP contribution in [0.5, 0.6) is 0 Å². The molecule has 0 unspecified atom stereocenters. The SMILES string of the molecule is C=C(C)CC(=C)CN(CC#Cc1cccc2ccccc12)S(=O)(=O)c1ccc(C)cc1. The third-order valence-corrected chi connectivity index (χ3v) is 6.68. The van der Waals surface area contributed by atoms with Crippen LogP contribution in [0, 0.1) is 18.8 Å². The lowest BCUT2D eigenvalue weighted by atomic mass is 10.1. The van der Waals surface area contributed by atoms with Crippen LogP contribution in [0.2, 0.25) is 0 Å². The Kier molecular flexibility index (Phi) is 7.12. The van der Waals surface area contributed by atoms with Crippen LogP contribution < -0.4 is 0 Å². The van der Waals surface area contributed by atoms with E-state index >= 15 is 0 Å². The van der Waals surface area contributed by atoms with Gasteiger partial charge in [-0.1, -0.05) is 90.2 Å². The average Bonchev–Trinajstić information content (AvgIpc) is 2.73. The molecule has 3 aromatic rings. The van der Waals surface area contributed by atoms with Crippen LogP contribution in [0.3, 0.4) is 0 Å². The van der Waals surface area contributed by atoms with Crippen LogP contribution in [0.4, 0.5) is 0 Å². The van der Waals surface area contributed by atoms with Gasteiger partial charge in [-0.05, 0) is 49.2 Å². The van der Waals surface area contributed by atoms with E-state index in [9.17, 15) is 8.42 Å². The molecule has 0 N–H and O–H groups in total. The maximum absolute atomic E-state index is 13.3. The zero-order valence-electron chi connectivity index (χ0n) is 18.1. The molecule has 158 valence electrons. The average molecular weight is 430 g/mol. The summed E-state index contributed by atoms with van der Waals surface area (Å²) < 4.78 is 28.0. The van der Waals surface area contributed by atoms with Gasteiger partial charge in [-0.25, -0.2) is 8.42 Å². The highest BCUT2D eigenvalue weighted by molar-refractivity contribution is 7.89. The fourth-order valence-electron chi connectivity index (χ4n) is 3.37. The molecule has 0 aromatic heterocycles. The number of hydrogen-bond acceptors (Lipinski definition) is 2. The second-order valence-electron chi connectivity index (χ2n) is 7.80. The van der Waals surface area contributed by atoms with Gasteiger partial charge in [0.05, 0.1) is 11.4 Å². The minimum Gasteiger partial charge on any atom is -0.207 e. The molecule has 0 aliphatic heterocycles. The summed E-state index contributed by atoms with van der Waals surface area (Å²) in [5.74, 6) is 6.23. The number of fused-ring (bicyclic) bond motifs is 1. The van der Waals surface area contributed by atoms with Crippen molar-refractivity contribution in [2.45, 2.75) is 25.2 Å². The van der Waals surface area contributed by atoms with Crippen molar-refractivity contribution >= 4 is 20.8 Å². The van der Waals surface area contributed by atoms with Gasteiger partial charge in [-0.2, -0.15) is 4.31 Å². The Morgan fingerprint density at radius 3 is 2.35 bits per heavy atom. The van der Waals surface area contributed by atoms with Crippen LogP contribution in [0.25, 0.3) is 10.8 Å². The van der Waals surface area contributed by atoms with Gasteiger partial charge in [0.25, 0.3) is 0 Å². The molecule has 0 radical (unpaired) electrons. The van der Waals surface area contributed by atoms with E-state index in [-0.39, 0.29) is 18.0 Å². The standard InChI is InChI=1S/C27H27NO2S/c1-21(2)19-23(4)20-28(31(29,30)26-16-14-22(3)15-17-26)18-8-12-25-11-7-10-24-9-5-6-13-27(24)25/h5-7,9-11,13-17H,1,4,18-20H2,2-3H3. The molecular weight excluding hydrogens is 402 g/mol. The smallest absolute Gasteiger partial charge is 0.207 e. The highest BCUT2D eigenvalue weighted by atomic mass is 32.2. The van der Waals surface area contributed by atoms with E-state index in [1.165, 1.54) is 4.31 Å². The first kappa shape index (κ1) is 22.6. The first-order chi connectivity index (χ1) is 14.8. The molecular formula is C27H27NO2S. The van der Waals surface area contributed by atoms with Crippen LogP contribution in [0.15, 0.2) is 95.9 Å². The lowest BCUT2D eigenvalue weighted by molar-refractivity contribution is 0.469. The van der Waals surface area contributed by atoms with Gasteiger partial charge in [-0.3, -0.25) is 0 Å². The summed E-state index contributed by atoms with van der Waals surface area (Å²) in [5, 5.41) is 2.16. The molecule has 0 aliphatic carbocycles. The van der Waals surface area contributed by atoms with Crippen molar-refractivity contribution in [3.63, 3.8) is 0 Å². The Morgan fingerprint density at radius 1 is 0.968 bits per heavy atom. The molecule has 0 fully saturated rings. The van der Waals surface area contributed by atoms with Crippen LogP contribution >= 0.6 is 0 Å². The van der Waals surface area contributed by atoms with E-state index in [0.29, 0.717) is 6.42 Å². The zero-order valence-corrected chi connectivity index (χ0v) is 18.9. The molecule has 31 heavy (non-hydrogen) atoms. The normalized spacial score (nSPS) is 11.2. The minimum atomic E-state index is -3.71.